The van der Waals surface area contributed by atoms with Crippen LogP contribution in [-0.4, -0.2) is 25.8 Å². The van der Waals surface area contributed by atoms with Crippen LogP contribution in [0.3, 0.4) is 0 Å². The average molecular weight is 205 g/mol. The molecule has 13 heavy (non-hydrogen) atoms. The van der Waals surface area contributed by atoms with Crippen molar-refractivity contribution >= 4 is 10.0 Å². The second kappa shape index (κ2) is 2.91. The molecule has 2 fully saturated rings. The van der Waals surface area contributed by atoms with Crippen molar-refractivity contribution < 1.29 is 8.42 Å². The second-order valence-electron chi connectivity index (χ2n) is 3.93. The maximum absolute atomic E-state index is 11.3. The van der Waals surface area contributed by atoms with Crippen molar-refractivity contribution in [2.75, 3.05) is 6.54 Å². The Morgan fingerprint density at radius 2 is 2.15 bits per heavy atom. The number of rotatable bonds is 1. The zero-order chi connectivity index (χ0) is 9.53. The topological polar surface area (TPSA) is 84.2 Å². The second-order valence-corrected chi connectivity index (χ2v) is 5.67. The highest BCUT2D eigenvalue weighted by molar-refractivity contribution is 7.89. The fourth-order valence-corrected chi connectivity index (χ4v) is 3.95. The first-order chi connectivity index (χ1) is 6.05. The molecule has 5 nitrogen and oxygen atoms in total. The maximum atomic E-state index is 11.3. The third-order valence-electron chi connectivity index (χ3n) is 3.14. The van der Waals surface area contributed by atoms with Gasteiger partial charge in [0.2, 0.25) is 10.0 Å². The number of hydrogen-bond acceptors (Lipinski definition) is 4. The van der Waals surface area contributed by atoms with E-state index in [4.69, 9.17) is 5.14 Å². The maximum Gasteiger partial charge on any atom is 0.213 e. The van der Waals surface area contributed by atoms with E-state index in [1.54, 1.807) is 0 Å². The molecule has 2 aliphatic rings. The number of nitrogens with two attached hydrogens (primary N) is 1. The van der Waals surface area contributed by atoms with E-state index in [2.05, 4.69) is 10.9 Å². The Morgan fingerprint density at radius 3 is 2.69 bits per heavy atom. The summed E-state index contributed by atoms with van der Waals surface area (Å²) in [5.41, 5.74) is 5.78. The minimum absolute atomic E-state index is 0.284. The van der Waals surface area contributed by atoms with Gasteiger partial charge in [0.25, 0.3) is 0 Å². The number of sulfonamides is 1. The monoisotopic (exact) mass is 205 g/mol. The summed E-state index contributed by atoms with van der Waals surface area (Å²) in [6.07, 6.45) is 3.39. The molecule has 0 aromatic rings. The number of primary sulfonamides is 1. The Hall–Kier alpha value is -0.170. The van der Waals surface area contributed by atoms with Crippen LogP contribution in [0.15, 0.2) is 0 Å². The van der Waals surface area contributed by atoms with E-state index in [1.165, 1.54) is 0 Å². The van der Waals surface area contributed by atoms with E-state index >= 15 is 0 Å². The van der Waals surface area contributed by atoms with Gasteiger partial charge in [-0.05, 0) is 19.3 Å². The molecule has 1 aliphatic heterocycles. The fourth-order valence-electron chi connectivity index (χ4n) is 2.53. The zero-order valence-electron chi connectivity index (χ0n) is 7.41. The van der Waals surface area contributed by atoms with Gasteiger partial charge >= 0.3 is 0 Å². The summed E-state index contributed by atoms with van der Waals surface area (Å²) in [6.45, 7) is 0.825. The number of hydrogen-bond donors (Lipinski definition) is 3. The smallest absolute Gasteiger partial charge is 0.213 e. The first-order valence-electron chi connectivity index (χ1n) is 4.56. The molecule has 0 bridgehead atoms. The third kappa shape index (κ3) is 1.48. The fraction of sp³-hybridized carbons (Fsp3) is 1.00. The van der Waals surface area contributed by atoms with Gasteiger partial charge in [-0.15, -0.1) is 0 Å². The first kappa shape index (κ1) is 9.39. The van der Waals surface area contributed by atoms with Crippen LogP contribution in [0, 0.1) is 0 Å². The zero-order valence-corrected chi connectivity index (χ0v) is 8.23. The Bertz CT molecular complexity index is 289. The lowest BCUT2D eigenvalue weighted by Crippen LogP contribution is -2.53. The quantitative estimate of drug-likeness (QED) is 0.516. The van der Waals surface area contributed by atoms with E-state index in [1.807, 2.05) is 0 Å². The molecule has 0 radical (unpaired) electrons. The van der Waals surface area contributed by atoms with Crippen molar-refractivity contribution in [2.24, 2.45) is 5.14 Å². The Kier molecular flexibility index (Phi) is 2.10. The molecule has 1 saturated heterocycles. The van der Waals surface area contributed by atoms with Gasteiger partial charge < -0.3 is 0 Å². The Balaban J connectivity index is 2.28. The summed E-state index contributed by atoms with van der Waals surface area (Å²) in [4.78, 5) is 0. The summed E-state index contributed by atoms with van der Waals surface area (Å²) in [6, 6.07) is 0. The summed E-state index contributed by atoms with van der Waals surface area (Å²) >= 11 is 0. The molecular formula is C7H15N3O2S. The minimum atomic E-state index is -3.40. The molecule has 1 aliphatic carbocycles. The van der Waals surface area contributed by atoms with Crippen LogP contribution in [0.5, 0.6) is 0 Å². The van der Waals surface area contributed by atoms with E-state index in [-0.39, 0.29) is 5.54 Å². The molecule has 1 spiro atoms. The third-order valence-corrected chi connectivity index (χ3v) is 4.62. The highest BCUT2D eigenvalue weighted by Crippen LogP contribution is 2.37. The highest BCUT2D eigenvalue weighted by atomic mass is 32.2. The molecular weight excluding hydrogens is 190 g/mol. The van der Waals surface area contributed by atoms with Crippen LogP contribution in [0.2, 0.25) is 0 Å². The lowest BCUT2D eigenvalue weighted by Gasteiger charge is -2.28. The lowest BCUT2D eigenvalue weighted by molar-refractivity contribution is 0.365. The van der Waals surface area contributed by atoms with Crippen LogP contribution >= 0.6 is 0 Å². The van der Waals surface area contributed by atoms with Gasteiger partial charge in [-0.3, -0.25) is 10.9 Å². The molecule has 4 N–H and O–H groups in total. The molecule has 2 atom stereocenters. The van der Waals surface area contributed by atoms with Crippen molar-refractivity contribution in [1.29, 1.82) is 0 Å². The van der Waals surface area contributed by atoms with Gasteiger partial charge in [-0.1, -0.05) is 6.42 Å². The van der Waals surface area contributed by atoms with Gasteiger partial charge in [0, 0.05) is 6.54 Å². The molecule has 0 amide bonds. The van der Waals surface area contributed by atoms with Crippen molar-refractivity contribution in [3.05, 3.63) is 0 Å². The van der Waals surface area contributed by atoms with Crippen LogP contribution in [0.1, 0.15) is 25.7 Å². The summed E-state index contributed by atoms with van der Waals surface area (Å²) in [5.74, 6) is 0. The van der Waals surface area contributed by atoms with Crippen LogP contribution in [0.4, 0.5) is 0 Å². The summed E-state index contributed by atoms with van der Waals surface area (Å²) < 4.78 is 22.6. The molecule has 6 heteroatoms. The first-order valence-corrected chi connectivity index (χ1v) is 6.17. The normalized spacial score (nSPS) is 40.2. The van der Waals surface area contributed by atoms with Gasteiger partial charge in [0.1, 0.15) is 0 Å². The van der Waals surface area contributed by atoms with Crippen molar-refractivity contribution in [2.45, 2.75) is 36.5 Å². The Morgan fingerprint density at radius 1 is 1.38 bits per heavy atom. The van der Waals surface area contributed by atoms with Crippen molar-refractivity contribution in [3.8, 4) is 0 Å². The van der Waals surface area contributed by atoms with E-state index in [9.17, 15) is 8.42 Å². The molecule has 0 aromatic carbocycles. The van der Waals surface area contributed by atoms with E-state index < -0.39 is 15.3 Å². The van der Waals surface area contributed by atoms with Crippen LogP contribution < -0.4 is 16.0 Å². The van der Waals surface area contributed by atoms with Crippen LogP contribution in [-0.2, 0) is 10.0 Å². The molecule has 2 unspecified atom stereocenters. The minimum Gasteiger partial charge on any atom is -0.257 e. The molecule has 1 heterocycles. The SMILES string of the molecule is NS(=O)(=O)C1CCCC12CCNN2. The summed E-state index contributed by atoms with van der Waals surface area (Å²) in [5, 5.41) is 4.79. The van der Waals surface area contributed by atoms with Gasteiger partial charge in [0.05, 0.1) is 10.8 Å². The lowest BCUT2D eigenvalue weighted by atomic mass is 9.96. The standard InChI is InChI=1S/C7H15N3O2S/c8-13(11,12)6-2-1-3-7(6)4-5-9-10-7/h6,9-10H,1-5H2,(H2,8,11,12). The van der Waals surface area contributed by atoms with Gasteiger partial charge in [0.15, 0.2) is 0 Å². The number of nitrogens with one attached hydrogen (secondary N) is 2. The van der Waals surface area contributed by atoms with Crippen LogP contribution in [0.25, 0.3) is 0 Å². The van der Waals surface area contributed by atoms with Gasteiger partial charge in [-0.25, -0.2) is 13.6 Å². The van der Waals surface area contributed by atoms with Gasteiger partial charge in [-0.2, -0.15) is 0 Å². The van der Waals surface area contributed by atoms with Crippen molar-refractivity contribution in [1.82, 2.24) is 10.9 Å². The van der Waals surface area contributed by atoms with E-state index in [0.717, 1.165) is 25.8 Å². The summed E-state index contributed by atoms with van der Waals surface area (Å²) in [7, 11) is -3.40. The molecule has 0 aromatic heterocycles. The van der Waals surface area contributed by atoms with E-state index in [0.29, 0.717) is 6.42 Å². The molecule has 76 valence electrons. The average Bonchev–Trinajstić information content (AvgIpc) is 2.60. The molecule has 2 rings (SSSR count). The highest BCUT2D eigenvalue weighted by Gasteiger charge is 2.50. The number of hydrazine groups is 1. The predicted molar refractivity (Wildman–Crippen MR) is 49.2 cm³/mol. The predicted octanol–water partition coefficient (Wildman–Crippen LogP) is -0.936. The largest absolute Gasteiger partial charge is 0.257 e. The Labute approximate surface area is 78.1 Å². The molecule has 1 saturated carbocycles. The van der Waals surface area contributed by atoms with Crippen molar-refractivity contribution in [3.63, 3.8) is 0 Å².